The molecule has 0 aromatic carbocycles. The number of carbonyl (C=O) groups excluding carboxylic acids is 2. The highest BCUT2D eigenvalue weighted by Crippen LogP contribution is 2.25. The molecule has 1 fully saturated rings. The summed E-state index contributed by atoms with van der Waals surface area (Å²) in [7, 11) is 1.39. The second-order valence-electron chi connectivity index (χ2n) is 4.53. The molecule has 1 aromatic rings. The Bertz CT molecular complexity index is 429. The zero-order valence-corrected chi connectivity index (χ0v) is 10.5. The van der Waals surface area contributed by atoms with Crippen LogP contribution in [0, 0.1) is 11.8 Å². The number of ether oxygens (including phenoxy) is 1. The van der Waals surface area contributed by atoms with Crippen molar-refractivity contribution in [1.29, 1.82) is 0 Å². The highest BCUT2D eigenvalue weighted by molar-refractivity contribution is 5.92. The summed E-state index contributed by atoms with van der Waals surface area (Å²) < 4.78 is 9.42. The smallest absolute Gasteiger partial charge is 0.309 e. The topological polar surface area (TPSA) is 72.6 Å². The highest BCUT2D eigenvalue weighted by Gasteiger charge is 2.34. The van der Waals surface area contributed by atoms with Crippen molar-refractivity contribution in [3.63, 3.8) is 0 Å². The van der Waals surface area contributed by atoms with Crippen LogP contribution in [-0.2, 0) is 9.53 Å². The molecule has 1 amide bonds. The number of carbonyl (C=O) groups is 2. The third-order valence-corrected chi connectivity index (χ3v) is 3.35. The summed E-state index contributed by atoms with van der Waals surface area (Å²) in [5.74, 6) is -0.395. The zero-order valence-electron chi connectivity index (χ0n) is 10.5. The van der Waals surface area contributed by atoms with Crippen molar-refractivity contribution in [2.75, 3.05) is 20.2 Å². The lowest BCUT2D eigenvalue weighted by molar-refractivity contribution is -0.148. The van der Waals surface area contributed by atoms with Gasteiger partial charge < -0.3 is 14.2 Å². The molecule has 2 atom stereocenters. The molecule has 0 unspecified atom stereocenters. The van der Waals surface area contributed by atoms with Crippen LogP contribution in [0.25, 0.3) is 0 Å². The van der Waals surface area contributed by atoms with Gasteiger partial charge in [-0.05, 0) is 12.3 Å². The second-order valence-corrected chi connectivity index (χ2v) is 4.53. The van der Waals surface area contributed by atoms with Gasteiger partial charge in [-0.2, -0.15) is 0 Å². The Balaban J connectivity index is 2.00. The fourth-order valence-electron chi connectivity index (χ4n) is 2.32. The molecular weight excluding hydrogens is 236 g/mol. The lowest BCUT2D eigenvalue weighted by Gasteiger charge is -2.35. The van der Waals surface area contributed by atoms with Crippen LogP contribution in [0.1, 0.15) is 23.8 Å². The first-order chi connectivity index (χ1) is 8.63. The van der Waals surface area contributed by atoms with Gasteiger partial charge in [-0.1, -0.05) is 12.1 Å². The molecule has 1 saturated heterocycles. The maximum Gasteiger partial charge on any atom is 0.309 e. The van der Waals surface area contributed by atoms with Gasteiger partial charge in [0, 0.05) is 19.2 Å². The molecular formula is C12H16N2O4. The molecule has 0 bridgehead atoms. The maximum absolute atomic E-state index is 12.0. The number of amides is 1. The van der Waals surface area contributed by atoms with Gasteiger partial charge in [-0.25, -0.2) is 0 Å². The Morgan fingerprint density at radius 3 is 2.89 bits per heavy atom. The van der Waals surface area contributed by atoms with Gasteiger partial charge in [-0.15, -0.1) is 0 Å². The van der Waals surface area contributed by atoms with Gasteiger partial charge in [0.05, 0.1) is 13.0 Å². The first-order valence-electron chi connectivity index (χ1n) is 5.91. The van der Waals surface area contributed by atoms with Crippen LogP contribution >= 0.6 is 0 Å². The first-order valence-corrected chi connectivity index (χ1v) is 5.91. The van der Waals surface area contributed by atoms with Gasteiger partial charge >= 0.3 is 5.97 Å². The van der Waals surface area contributed by atoms with E-state index in [2.05, 4.69) is 9.68 Å². The Morgan fingerprint density at radius 1 is 1.56 bits per heavy atom. The monoisotopic (exact) mass is 252 g/mol. The molecule has 6 heteroatoms. The van der Waals surface area contributed by atoms with E-state index in [0.717, 1.165) is 0 Å². The largest absolute Gasteiger partial charge is 0.469 e. The van der Waals surface area contributed by atoms with Gasteiger partial charge in [-0.3, -0.25) is 9.59 Å². The number of esters is 1. The molecule has 1 aromatic heterocycles. The summed E-state index contributed by atoms with van der Waals surface area (Å²) in [4.78, 5) is 25.3. The van der Waals surface area contributed by atoms with E-state index in [1.165, 1.54) is 13.4 Å². The average Bonchev–Trinajstić information content (AvgIpc) is 2.90. The number of nitrogens with zero attached hydrogens (tertiary/aromatic N) is 2. The van der Waals surface area contributed by atoms with Crippen molar-refractivity contribution in [2.45, 2.75) is 13.3 Å². The summed E-state index contributed by atoms with van der Waals surface area (Å²) in [6.45, 7) is 3.02. The van der Waals surface area contributed by atoms with Crippen molar-refractivity contribution in [3.8, 4) is 0 Å². The summed E-state index contributed by atoms with van der Waals surface area (Å²) in [6, 6.07) is 1.54. The van der Waals surface area contributed by atoms with E-state index in [9.17, 15) is 9.59 Å². The molecule has 98 valence electrons. The standard InChI is InChI=1S/C12H16N2O4/c1-8-7-14(5-3-9(8)12(16)17-2)11(15)10-4-6-18-13-10/h4,6,8-9H,3,5,7H2,1-2H3/t8-,9+/m0/s1. The first kappa shape index (κ1) is 12.6. The van der Waals surface area contributed by atoms with Crippen LogP contribution in [0.4, 0.5) is 0 Å². The quantitative estimate of drug-likeness (QED) is 0.732. The van der Waals surface area contributed by atoms with Gasteiger partial charge in [0.1, 0.15) is 6.26 Å². The van der Waals surface area contributed by atoms with Gasteiger partial charge in [0.15, 0.2) is 5.69 Å². The Hall–Kier alpha value is -1.85. The second kappa shape index (κ2) is 5.20. The van der Waals surface area contributed by atoms with E-state index in [-0.39, 0.29) is 23.7 Å². The molecule has 6 nitrogen and oxygen atoms in total. The lowest BCUT2D eigenvalue weighted by atomic mass is 9.87. The third kappa shape index (κ3) is 2.37. The van der Waals surface area contributed by atoms with Gasteiger partial charge in [0.25, 0.3) is 5.91 Å². The van der Waals surface area contributed by atoms with Crippen LogP contribution in [0.2, 0.25) is 0 Å². The summed E-state index contributed by atoms with van der Waals surface area (Å²) in [5.41, 5.74) is 0.304. The predicted octanol–water partition coefficient (Wildman–Crippen LogP) is 0.946. The van der Waals surface area contributed by atoms with Crippen molar-refractivity contribution in [3.05, 3.63) is 18.0 Å². The molecule has 0 aliphatic carbocycles. The molecule has 2 rings (SSSR count). The number of hydrogen-bond acceptors (Lipinski definition) is 5. The third-order valence-electron chi connectivity index (χ3n) is 3.35. The summed E-state index contributed by atoms with van der Waals surface area (Å²) >= 11 is 0. The number of methoxy groups -OCH3 is 1. The van der Waals surface area contributed by atoms with Crippen LogP contribution < -0.4 is 0 Å². The zero-order chi connectivity index (χ0) is 13.1. The molecule has 0 radical (unpaired) electrons. The van der Waals surface area contributed by atoms with E-state index in [1.54, 1.807) is 11.0 Å². The van der Waals surface area contributed by atoms with E-state index < -0.39 is 0 Å². The highest BCUT2D eigenvalue weighted by atomic mass is 16.5. The van der Waals surface area contributed by atoms with Crippen molar-refractivity contribution in [1.82, 2.24) is 10.1 Å². The minimum absolute atomic E-state index is 0.0852. The van der Waals surface area contributed by atoms with Crippen molar-refractivity contribution in [2.24, 2.45) is 11.8 Å². The van der Waals surface area contributed by atoms with Crippen molar-refractivity contribution < 1.29 is 18.8 Å². The van der Waals surface area contributed by atoms with E-state index in [4.69, 9.17) is 4.74 Å². The number of piperidine rings is 1. The molecule has 1 aliphatic rings. The normalized spacial score (nSPS) is 23.8. The molecule has 0 N–H and O–H groups in total. The molecule has 0 spiro atoms. The minimum Gasteiger partial charge on any atom is -0.469 e. The molecule has 2 heterocycles. The maximum atomic E-state index is 12.0. The average molecular weight is 252 g/mol. The van der Waals surface area contributed by atoms with Crippen LogP contribution in [0.3, 0.4) is 0 Å². The lowest BCUT2D eigenvalue weighted by Crippen LogP contribution is -2.45. The van der Waals surface area contributed by atoms with Crippen LogP contribution in [0.15, 0.2) is 16.9 Å². The van der Waals surface area contributed by atoms with Crippen molar-refractivity contribution >= 4 is 11.9 Å². The number of likely N-dealkylation sites (tertiary alicyclic amines) is 1. The molecule has 18 heavy (non-hydrogen) atoms. The molecule has 1 aliphatic heterocycles. The number of aromatic nitrogens is 1. The fourth-order valence-corrected chi connectivity index (χ4v) is 2.32. The van der Waals surface area contributed by atoms with E-state index in [0.29, 0.717) is 25.2 Å². The summed E-state index contributed by atoms with van der Waals surface area (Å²) in [5, 5.41) is 3.63. The fraction of sp³-hybridized carbons (Fsp3) is 0.583. The molecule has 0 saturated carbocycles. The SMILES string of the molecule is COC(=O)[C@@H]1CCN(C(=O)c2ccon2)C[C@@H]1C. The number of rotatable bonds is 2. The Morgan fingerprint density at radius 2 is 2.33 bits per heavy atom. The minimum atomic E-state index is -0.198. The van der Waals surface area contributed by atoms with Crippen LogP contribution in [0.5, 0.6) is 0 Å². The van der Waals surface area contributed by atoms with E-state index in [1.807, 2.05) is 6.92 Å². The predicted molar refractivity (Wildman–Crippen MR) is 61.7 cm³/mol. The Labute approximate surface area is 105 Å². The number of hydrogen-bond donors (Lipinski definition) is 0. The Kier molecular flexibility index (Phi) is 3.64. The van der Waals surface area contributed by atoms with Crippen LogP contribution in [-0.4, -0.2) is 42.1 Å². The van der Waals surface area contributed by atoms with Gasteiger partial charge in [0.2, 0.25) is 0 Å². The van der Waals surface area contributed by atoms with E-state index >= 15 is 0 Å². The summed E-state index contributed by atoms with van der Waals surface area (Å²) in [6.07, 6.45) is 2.00.